The SMILES string of the molecule is C[Si](C)(CCc1ccccc1)O[Si](C)(C)O[Si](C)(C)O[Si](C)(C)O[Si](C)(C)O[Si](C)(C)O[Si](C)(C)O[Si](C)(C)O[Si](C)(C)O[Si](C)(CCc1ccccc1)O[Si](C)(C)O[Si](C)(C)O[Si](C)(CCc1ccccc1)O[Si](C)(C)O[Si](C)(C)O[Si](C)(C)CCc1ccccc1. The molecule has 0 aromatic heterocycles. The van der Waals surface area contributed by atoms with Crippen molar-refractivity contribution in [3.05, 3.63) is 144 Å². The Bertz CT molecular complexity index is 2890. The van der Waals surface area contributed by atoms with Crippen LogP contribution in [0.4, 0.5) is 0 Å². The van der Waals surface area contributed by atoms with E-state index in [0.717, 1.165) is 43.8 Å². The van der Waals surface area contributed by atoms with Crippen molar-refractivity contribution in [3.63, 3.8) is 0 Å². The summed E-state index contributed by atoms with van der Waals surface area (Å²) in [5.41, 5.74) is 5.13. The average molecular weight is 1560 g/mol. The van der Waals surface area contributed by atoms with Crippen LogP contribution in [0.15, 0.2) is 121 Å². The second kappa shape index (κ2) is 33.2. The Balaban J connectivity index is 1.47. The molecular formula is C62H126O15Si16. The summed E-state index contributed by atoms with van der Waals surface area (Å²) < 4.78 is 108. The maximum atomic E-state index is 7.49. The van der Waals surface area contributed by atoms with Crippen LogP contribution in [0, 0.1) is 0 Å². The van der Waals surface area contributed by atoms with Crippen LogP contribution in [0.3, 0.4) is 0 Å². The van der Waals surface area contributed by atoms with Gasteiger partial charge in [-0.25, -0.2) is 0 Å². The lowest BCUT2D eigenvalue weighted by molar-refractivity contribution is 0.247. The highest BCUT2D eigenvalue weighted by Crippen LogP contribution is 2.36. The van der Waals surface area contributed by atoms with Gasteiger partial charge in [0.2, 0.25) is 0 Å². The van der Waals surface area contributed by atoms with E-state index in [1.165, 1.54) is 22.3 Å². The molecule has 0 aliphatic heterocycles. The molecule has 0 N–H and O–H groups in total. The topological polar surface area (TPSA) is 138 Å². The molecule has 0 fully saturated rings. The van der Waals surface area contributed by atoms with Gasteiger partial charge >= 0.3 is 120 Å². The fourth-order valence-electron chi connectivity index (χ4n) is 13.5. The zero-order chi connectivity index (χ0) is 70.7. The zero-order valence-corrected chi connectivity index (χ0v) is 79.3. The first-order chi connectivity index (χ1) is 41.9. The van der Waals surface area contributed by atoms with Crippen molar-refractivity contribution < 1.29 is 61.7 Å². The highest BCUT2D eigenvalue weighted by molar-refractivity contribution is 6.95. The van der Waals surface area contributed by atoms with Crippen molar-refractivity contribution in [2.75, 3.05) is 0 Å². The first-order valence-electron chi connectivity index (χ1n) is 33.6. The van der Waals surface area contributed by atoms with Crippen molar-refractivity contribution >= 4 is 136 Å². The molecule has 0 bridgehead atoms. The van der Waals surface area contributed by atoms with Gasteiger partial charge in [-0.15, -0.1) is 0 Å². The third-order valence-electron chi connectivity index (χ3n) is 14.5. The largest absolute Gasteiger partial charge is 0.436 e. The van der Waals surface area contributed by atoms with Gasteiger partial charge in [0.1, 0.15) is 0 Å². The van der Waals surface area contributed by atoms with Gasteiger partial charge in [0, 0.05) is 0 Å². The second-order valence-electron chi connectivity index (χ2n) is 32.1. The van der Waals surface area contributed by atoms with Gasteiger partial charge in [0.05, 0.1) is 0 Å². The number of benzene rings is 4. The highest BCUT2D eigenvalue weighted by atomic mass is 28.5. The normalized spacial score (nSPS) is 15.7. The first kappa shape index (κ1) is 85.2. The third-order valence-corrected chi connectivity index (χ3v) is 78.2. The van der Waals surface area contributed by atoms with Crippen molar-refractivity contribution in [2.24, 2.45) is 0 Å². The van der Waals surface area contributed by atoms with Gasteiger partial charge in [0.25, 0.3) is 0 Å². The smallest absolute Gasteiger partial charge is 0.317 e. The first-order valence-corrected chi connectivity index (χ1v) is 78.7. The van der Waals surface area contributed by atoms with Crippen molar-refractivity contribution in [3.8, 4) is 0 Å². The summed E-state index contributed by atoms with van der Waals surface area (Å²) in [7, 11) is -44.5. The Labute approximate surface area is 583 Å². The Morgan fingerprint density at radius 2 is 0.312 bits per heavy atom. The molecule has 4 aromatic carbocycles. The van der Waals surface area contributed by atoms with E-state index in [4.69, 9.17) is 61.7 Å². The standard InChI is InChI=1S/C62H126O15Si16/c1-78(2,55-51-59-43-35-31-36-44-59)63-80(5,6)65-82(9,10)67-83(11,12)68-84(13,14)69-85(15,16)70-86(17,18)71-87(19,20)72-89(23,24)75-93(30,58-54-62-49-41-34-42-50-62)77-91(27,28)73-90(25,26)76-92(29,57-53-61-47-39-33-40-48-61)74-88(21,22)66-81(7,8)64-79(3,4)56-52-60-45-37-32-38-46-60/h31-50H,51-58H2,1-30H3. The van der Waals surface area contributed by atoms with Crippen molar-refractivity contribution in [1.29, 1.82) is 0 Å². The molecular weight excluding hydrogens is 1430 g/mol. The minimum Gasteiger partial charge on any atom is -0.436 e. The van der Waals surface area contributed by atoms with Crippen LogP contribution < -0.4 is 0 Å². The van der Waals surface area contributed by atoms with Gasteiger partial charge in [0.15, 0.2) is 16.6 Å². The second-order valence-corrected chi connectivity index (χ2v) is 91.5. The number of hydrogen-bond donors (Lipinski definition) is 0. The van der Waals surface area contributed by atoms with E-state index in [9.17, 15) is 0 Å². The lowest BCUT2D eigenvalue weighted by Crippen LogP contribution is -2.64. The van der Waals surface area contributed by atoms with Crippen molar-refractivity contribution in [2.45, 2.75) is 246 Å². The molecule has 0 saturated heterocycles. The van der Waals surface area contributed by atoms with E-state index in [1.807, 2.05) is 0 Å². The predicted molar refractivity (Wildman–Crippen MR) is 424 cm³/mol. The van der Waals surface area contributed by atoms with E-state index in [2.05, 4.69) is 318 Å². The minimum absolute atomic E-state index is 0.697. The van der Waals surface area contributed by atoms with Crippen LogP contribution in [-0.2, 0) is 87.4 Å². The number of aryl methyl sites for hydroxylation is 4. The van der Waals surface area contributed by atoms with Gasteiger partial charge in [-0.1, -0.05) is 121 Å². The molecule has 528 valence electrons. The van der Waals surface area contributed by atoms with Gasteiger partial charge < -0.3 is 61.7 Å². The molecule has 0 aliphatic rings. The van der Waals surface area contributed by atoms with Gasteiger partial charge in [-0.3, -0.25) is 0 Å². The highest BCUT2D eigenvalue weighted by Gasteiger charge is 2.55. The summed E-state index contributed by atoms with van der Waals surface area (Å²) in [6.45, 7) is 64.5. The lowest BCUT2D eigenvalue weighted by Gasteiger charge is -2.46. The molecule has 4 aromatic rings. The van der Waals surface area contributed by atoms with Crippen LogP contribution in [-0.4, -0.2) is 136 Å². The maximum absolute atomic E-state index is 7.49. The molecule has 2 unspecified atom stereocenters. The summed E-state index contributed by atoms with van der Waals surface area (Å²) in [4.78, 5) is 0. The Morgan fingerprint density at radius 1 is 0.172 bits per heavy atom. The molecule has 31 heteroatoms. The summed E-state index contributed by atoms with van der Waals surface area (Å²) in [5, 5.41) is 0. The molecule has 0 heterocycles. The number of rotatable bonds is 42. The van der Waals surface area contributed by atoms with Gasteiger partial charge in [-0.2, -0.15) is 0 Å². The molecule has 0 amide bonds. The van der Waals surface area contributed by atoms with Gasteiger partial charge in [-0.05, 0) is 269 Å². The minimum atomic E-state index is -3.12. The molecule has 0 spiro atoms. The van der Waals surface area contributed by atoms with E-state index in [-0.39, 0.29) is 0 Å². The zero-order valence-electron chi connectivity index (χ0n) is 63.3. The summed E-state index contributed by atoms with van der Waals surface area (Å²) in [6.07, 6.45) is 3.57. The Kier molecular flexibility index (Phi) is 30.4. The fourth-order valence-corrected chi connectivity index (χ4v) is 96.8. The summed E-state index contributed by atoms with van der Waals surface area (Å²) >= 11 is 0. The maximum Gasteiger partial charge on any atom is 0.317 e. The molecule has 93 heavy (non-hydrogen) atoms. The summed E-state index contributed by atoms with van der Waals surface area (Å²) in [5.74, 6) is 0. The molecule has 2 atom stereocenters. The van der Waals surface area contributed by atoms with Crippen LogP contribution in [0.1, 0.15) is 22.3 Å². The molecule has 0 radical (unpaired) electrons. The van der Waals surface area contributed by atoms with E-state index in [0.29, 0.717) is 6.04 Å². The Hall–Kier alpha value is -0.250. The molecule has 15 nitrogen and oxygen atoms in total. The molecule has 4 rings (SSSR count). The van der Waals surface area contributed by atoms with Crippen LogP contribution in [0.5, 0.6) is 0 Å². The van der Waals surface area contributed by atoms with Crippen molar-refractivity contribution in [1.82, 2.24) is 0 Å². The lowest BCUT2D eigenvalue weighted by atomic mass is 10.2. The Morgan fingerprint density at radius 3 is 0.484 bits per heavy atom. The van der Waals surface area contributed by atoms with E-state index in [1.54, 1.807) is 0 Å². The van der Waals surface area contributed by atoms with Crippen LogP contribution in [0.25, 0.3) is 0 Å². The van der Waals surface area contributed by atoms with E-state index >= 15 is 0 Å². The van der Waals surface area contributed by atoms with Crippen LogP contribution in [0.2, 0.25) is 221 Å². The molecule has 0 saturated carbocycles. The molecule has 0 aliphatic carbocycles. The van der Waals surface area contributed by atoms with E-state index < -0.39 is 136 Å². The van der Waals surface area contributed by atoms with Crippen LogP contribution >= 0.6 is 0 Å². The predicted octanol–water partition coefficient (Wildman–Crippen LogP) is 19.2. The third kappa shape index (κ3) is 34.8. The quantitative estimate of drug-likeness (QED) is 0.0389. The monoisotopic (exact) mass is 1560 g/mol. The average Bonchev–Trinajstić information content (AvgIpc) is 0.818. The fraction of sp³-hybridized carbons (Fsp3) is 0.613. The summed E-state index contributed by atoms with van der Waals surface area (Å²) in [6, 6.07) is 46.0. The number of hydrogen-bond acceptors (Lipinski definition) is 15.